The Morgan fingerprint density at radius 2 is 2.07 bits per heavy atom. The molecule has 1 aliphatic rings. The molecule has 2 N–H and O–H groups in total. The average molecular weight is 438 g/mol. The van der Waals surface area contributed by atoms with Crippen LogP contribution in [0.4, 0.5) is 0 Å². The molecule has 1 aromatic carbocycles. The number of H-pyrrole nitrogens is 1. The van der Waals surface area contributed by atoms with E-state index in [9.17, 15) is 4.79 Å². The summed E-state index contributed by atoms with van der Waals surface area (Å²) >= 11 is 3.22. The second-order valence-electron chi connectivity index (χ2n) is 7.79. The maximum Gasteiger partial charge on any atom is 0.223 e. The number of amides is 1. The lowest BCUT2D eigenvalue weighted by Crippen LogP contribution is -2.31. The molecule has 0 aliphatic heterocycles. The standard InChI is InChI=1S/C22H23N5OS2/c1-13-11-29-22(25-13)20-19(15-7-8-16-17(9-15)30-12-24-16)26-18(27-20)10-23-21(28)14-5-3-2-4-6-14/h7-9,11-12,14H,2-6,10H2,1H3,(H,23,28)(H,26,27). The fraction of sp³-hybridized carbons (Fsp3) is 0.364. The Hall–Kier alpha value is -2.58. The van der Waals surface area contributed by atoms with Crippen LogP contribution in [0.2, 0.25) is 0 Å². The van der Waals surface area contributed by atoms with E-state index in [2.05, 4.69) is 26.3 Å². The van der Waals surface area contributed by atoms with Crippen molar-refractivity contribution in [2.75, 3.05) is 0 Å². The van der Waals surface area contributed by atoms with E-state index in [0.717, 1.165) is 69.4 Å². The van der Waals surface area contributed by atoms with E-state index in [1.165, 1.54) is 6.42 Å². The van der Waals surface area contributed by atoms with Gasteiger partial charge in [0.2, 0.25) is 5.91 Å². The van der Waals surface area contributed by atoms with Gasteiger partial charge in [-0.05, 0) is 31.9 Å². The Bertz CT molecular complexity index is 1190. The molecular formula is C22H23N5OS2. The van der Waals surface area contributed by atoms with Crippen molar-refractivity contribution < 1.29 is 4.79 Å². The van der Waals surface area contributed by atoms with Crippen LogP contribution >= 0.6 is 22.7 Å². The van der Waals surface area contributed by atoms with Crippen LogP contribution in [0.1, 0.15) is 43.6 Å². The predicted molar refractivity (Wildman–Crippen MR) is 121 cm³/mol. The minimum absolute atomic E-state index is 0.142. The number of fused-ring (bicyclic) bond motifs is 1. The highest BCUT2D eigenvalue weighted by Gasteiger charge is 2.22. The lowest BCUT2D eigenvalue weighted by Gasteiger charge is -2.20. The van der Waals surface area contributed by atoms with Crippen molar-refractivity contribution in [2.45, 2.75) is 45.6 Å². The van der Waals surface area contributed by atoms with Gasteiger partial charge in [0, 0.05) is 22.6 Å². The monoisotopic (exact) mass is 437 g/mol. The Morgan fingerprint density at radius 1 is 1.20 bits per heavy atom. The lowest BCUT2D eigenvalue weighted by atomic mass is 9.89. The van der Waals surface area contributed by atoms with Crippen molar-refractivity contribution in [3.05, 3.63) is 40.6 Å². The molecule has 0 unspecified atom stereocenters. The average Bonchev–Trinajstić information content (AvgIpc) is 3.51. The molecule has 30 heavy (non-hydrogen) atoms. The summed E-state index contributed by atoms with van der Waals surface area (Å²) in [5, 5.41) is 6.03. The number of aromatic nitrogens is 4. The van der Waals surface area contributed by atoms with Gasteiger partial charge < -0.3 is 10.3 Å². The topological polar surface area (TPSA) is 83.6 Å². The van der Waals surface area contributed by atoms with Gasteiger partial charge in [-0.15, -0.1) is 22.7 Å². The number of benzene rings is 1. The largest absolute Gasteiger partial charge is 0.349 e. The number of carbonyl (C=O) groups excluding carboxylic acids is 1. The molecule has 6 nitrogen and oxygen atoms in total. The van der Waals surface area contributed by atoms with Gasteiger partial charge in [-0.1, -0.05) is 25.3 Å². The predicted octanol–water partition coefficient (Wildman–Crippen LogP) is 5.31. The Labute approximate surface area is 182 Å². The molecule has 0 atom stereocenters. The zero-order valence-corrected chi connectivity index (χ0v) is 18.4. The van der Waals surface area contributed by atoms with Crippen LogP contribution in [-0.2, 0) is 11.3 Å². The third-order valence-electron chi connectivity index (χ3n) is 5.60. The van der Waals surface area contributed by atoms with Crippen molar-refractivity contribution in [1.29, 1.82) is 0 Å². The van der Waals surface area contributed by atoms with Gasteiger partial charge in [0.05, 0.1) is 28.0 Å². The molecule has 5 rings (SSSR count). The summed E-state index contributed by atoms with van der Waals surface area (Å²) in [7, 11) is 0. The molecule has 8 heteroatoms. The summed E-state index contributed by atoms with van der Waals surface area (Å²) in [6.07, 6.45) is 5.53. The zero-order valence-electron chi connectivity index (χ0n) is 16.8. The van der Waals surface area contributed by atoms with Crippen LogP contribution in [-0.4, -0.2) is 25.8 Å². The maximum absolute atomic E-state index is 12.6. The summed E-state index contributed by atoms with van der Waals surface area (Å²) in [5.74, 6) is 1.04. The number of thiazole rings is 2. The third kappa shape index (κ3) is 3.89. The maximum atomic E-state index is 12.6. The normalized spacial score (nSPS) is 15.0. The van der Waals surface area contributed by atoms with E-state index >= 15 is 0 Å². The van der Waals surface area contributed by atoms with E-state index in [4.69, 9.17) is 4.98 Å². The highest BCUT2D eigenvalue weighted by molar-refractivity contribution is 7.16. The summed E-state index contributed by atoms with van der Waals surface area (Å²) in [5.41, 5.74) is 6.62. The first-order valence-electron chi connectivity index (χ1n) is 10.3. The number of hydrogen-bond acceptors (Lipinski definition) is 6. The van der Waals surface area contributed by atoms with E-state index in [1.807, 2.05) is 29.9 Å². The van der Waals surface area contributed by atoms with E-state index in [1.54, 1.807) is 22.7 Å². The summed E-state index contributed by atoms with van der Waals surface area (Å²) in [6, 6.07) is 6.20. The highest BCUT2D eigenvalue weighted by Crippen LogP contribution is 2.34. The third-order valence-corrected chi connectivity index (χ3v) is 7.37. The second-order valence-corrected chi connectivity index (χ2v) is 9.53. The van der Waals surface area contributed by atoms with Gasteiger partial charge in [-0.25, -0.2) is 15.0 Å². The molecule has 154 valence electrons. The molecule has 3 heterocycles. The van der Waals surface area contributed by atoms with Crippen LogP contribution in [0.25, 0.3) is 32.2 Å². The van der Waals surface area contributed by atoms with Gasteiger partial charge in [-0.3, -0.25) is 4.79 Å². The number of aromatic amines is 1. The van der Waals surface area contributed by atoms with Crippen LogP contribution in [0.5, 0.6) is 0 Å². The van der Waals surface area contributed by atoms with E-state index in [0.29, 0.717) is 6.54 Å². The summed E-state index contributed by atoms with van der Waals surface area (Å²) < 4.78 is 1.13. The molecule has 4 aromatic rings. The van der Waals surface area contributed by atoms with Crippen molar-refractivity contribution in [1.82, 2.24) is 25.3 Å². The van der Waals surface area contributed by atoms with Crippen molar-refractivity contribution in [3.63, 3.8) is 0 Å². The van der Waals surface area contributed by atoms with Crippen LogP contribution < -0.4 is 5.32 Å². The first kappa shape index (κ1) is 19.4. The second kappa shape index (κ2) is 8.28. The number of imidazole rings is 1. The molecule has 0 bridgehead atoms. The zero-order chi connectivity index (χ0) is 20.5. The molecule has 0 saturated heterocycles. The number of carbonyl (C=O) groups is 1. The van der Waals surface area contributed by atoms with Crippen molar-refractivity contribution in [2.24, 2.45) is 5.92 Å². The first-order chi connectivity index (χ1) is 14.7. The minimum atomic E-state index is 0.142. The fourth-order valence-electron chi connectivity index (χ4n) is 4.02. The molecule has 1 amide bonds. The smallest absolute Gasteiger partial charge is 0.223 e. The van der Waals surface area contributed by atoms with E-state index in [-0.39, 0.29) is 11.8 Å². The minimum Gasteiger partial charge on any atom is -0.349 e. The van der Waals surface area contributed by atoms with Crippen LogP contribution in [0.15, 0.2) is 29.1 Å². The number of aryl methyl sites for hydroxylation is 1. The lowest BCUT2D eigenvalue weighted by molar-refractivity contribution is -0.126. The van der Waals surface area contributed by atoms with Crippen molar-refractivity contribution in [3.8, 4) is 22.0 Å². The number of hydrogen-bond donors (Lipinski definition) is 2. The molecule has 1 aliphatic carbocycles. The van der Waals surface area contributed by atoms with Gasteiger partial charge >= 0.3 is 0 Å². The molecule has 0 spiro atoms. The highest BCUT2D eigenvalue weighted by atomic mass is 32.1. The number of nitrogens with zero attached hydrogens (tertiary/aromatic N) is 3. The molecule has 3 aromatic heterocycles. The number of rotatable bonds is 5. The Balaban J connectivity index is 1.44. The molecule has 1 saturated carbocycles. The van der Waals surface area contributed by atoms with Gasteiger partial charge in [0.25, 0.3) is 0 Å². The van der Waals surface area contributed by atoms with Crippen LogP contribution in [0.3, 0.4) is 0 Å². The Morgan fingerprint density at radius 3 is 2.87 bits per heavy atom. The van der Waals surface area contributed by atoms with Crippen molar-refractivity contribution >= 4 is 38.8 Å². The molecule has 1 fully saturated rings. The SMILES string of the molecule is Cc1csc(-c2[nH]c(CNC(=O)C3CCCCC3)nc2-c2ccc3ncsc3c2)n1. The van der Waals surface area contributed by atoms with Gasteiger partial charge in [-0.2, -0.15) is 0 Å². The van der Waals surface area contributed by atoms with Gasteiger partial charge in [0.15, 0.2) is 0 Å². The number of nitrogens with one attached hydrogen (secondary N) is 2. The molecule has 0 radical (unpaired) electrons. The van der Waals surface area contributed by atoms with E-state index < -0.39 is 0 Å². The Kier molecular flexibility index (Phi) is 5.35. The quantitative estimate of drug-likeness (QED) is 0.443. The van der Waals surface area contributed by atoms with Crippen LogP contribution in [0, 0.1) is 12.8 Å². The summed E-state index contributed by atoms with van der Waals surface area (Å²) in [4.78, 5) is 29.8. The van der Waals surface area contributed by atoms with Gasteiger partial charge in [0.1, 0.15) is 16.5 Å². The first-order valence-corrected chi connectivity index (χ1v) is 12.1. The molecular weight excluding hydrogens is 414 g/mol. The summed E-state index contributed by atoms with van der Waals surface area (Å²) in [6.45, 7) is 2.39. The fourth-order valence-corrected chi connectivity index (χ4v) is 5.53.